The second-order valence-electron chi connectivity index (χ2n) is 5.84. The number of carbonyl (C=O) groups is 3. The van der Waals surface area contributed by atoms with Crippen molar-refractivity contribution in [2.45, 2.75) is 13.8 Å². The Kier molecular flexibility index (Phi) is 7.14. The molecule has 0 aromatic heterocycles. The molecule has 1 aromatic carbocycles. The normalized spacial score (nSPS) is 13.2. The molecule has 7 heteroatoms. The number of hydrogen-bond donors (Lipinski definition) is 0. The van der Waals surface area contributed by atoms with E-state index in [9.17, 15) is 14.4 Å². The first-order valence-corrected chi connectivity index (χ1v) is 8.92. The summed E-state index contributed by atoms with van der Waals surface area (Å²) in [4.78, 5) is 40.6. The number of methoxy groups -OCH3 is 2. The van der Waals surface area contributed by atoms with E-state index in [1.807, 2.05) is 13.8 Å². The Balaban J connectivity index is 2.58. The van der Waals surface area contributed by atoms with Crippen molar-refractivity contribution in [3.8, 4) is 0 Å². The van der Waals surface area contributed by atoms with Gasteiger partial charge in [0, 0.05) is 30.5 Å². The maximum Gasteiger partial charge on any atom is 0.355 e. The summed E-state index contributed by atoms with van der Waals surface area (Å²) in [7, 11) is 2.48. The molecule has 0 aliphatic carbocycles. The molecule has 0 fully saturated rings. The third kappa shape index (κ3) is 4.31. The van der Waals surface area contributed by atoms with Crippen LogP contribution in [0, 0.1) is 0 Å². The van der Waals surface area contributed by atoms with Gasteiger partial charge in [-0.05, 0) is 44.2 Å². The maximum absolute atomic E-state index is 12.7. The molecule has 1 heterocycles. The highest BCUT2D eigenvalue weighted by molar-refractivity contribution is 6.05. The van der Waals surface area contributed by atoms with Crippen LogP contribution in [-0.2, 0) is 19.1 Å². The zero-order chi connectivity index (χ0) is 20.7. The second-order valence-corrected chi connectivity index (χ2v) is 5.84. The summed E-state index contributed by atoms with van der Waals surface area (Å²) in [5.74, 6) is -1.47. The number of anilines is 1. The van der Waals surface area contributed by atoms with E-state index in [1.165, 1.54) is 25.2 Å². The summed E-state index contributed by atoms with van der Waals surface area (Å²) in [6, 6.07) is 6.86. The lowest BCUT2D eigenvalue weighted by molar-refractivity contribution is -0.139. The number of rotatable bonds is 6. The van der Waals surface area contributed by atoms with E-state index in [0.29, 0.717) is 24.3 Å². The third-order valence-corrected chi connectivity index (χ3v) is 4.31. The van der Waals surface area contributed by atoms with E-state index in [4.69, 9.17) is 9.47 Å². The molecule has 0 radical (unpaired) electrons. The van der Waals surface area contributed by atoms with E-state index in [-0.39, 0.29) is 17.2 Å². The molecule has 0 atom stereocenters. The van der Waals surface area contributed by atoms with Gasteiger partial charge in [-0.1, -0.05) is 12.1 Å². The molecule has 0 unspecified atom stereocenters. The van der Waals surface area contributed by atoms with Crippen molar-refractivity contribution in [3.05, 3.63) is 65.5 Å². The maximum atomic E-state index is 12.7. The number of carbonyl (C=O) groups excluding carboxylic acids is 3. The lowest BCUT2D eigenvalue weighted by Gasteiger charge is -2.24. The molecule has 7 nitrogen and oxygen atoms in total. The summed E-state index contributed by atoms with van der Waals surface area (Å²) in [5.41, 5.74) is 1.09. The van der Waals surface area contributed by atoms with E-state index >= 15 is 0 Å². The van der Waals surface area contributed by atoms with Gasteiger partial charge in [0.25, 0.3) is 5.91 Å². The largest absolute Gasteiger partial charge is 0.465 e. The van der Waals surface area contributed by atoms with Crippen LogP contribution in [0.15, 0.2) is 60.0 Å². The predicted molar refractivity (Wildman–Crippen MR) is 106 cm³/mol. The number of benzene rings is 1. The third-order valence-electron chi connectivity index (χ3n) is 4.31. The van der Waals surface area contributed by atoms with Gasteiger partial charge >= 0.3 is 11.9 Å². The first kappa shape index (κ1) is 21.0. The Morgan fingerprint density at radius 3 is 2.29 bits per heavy atom. The molecule has 0 spiro atoms. The fourth-order valence-electron chi connectivity index (χ4n) is 2.85. The van der Waals surface area contributed by atoms with Gasteiger partial charge in [-0.15, -0.1) is 0 Å². The number of allylic oxidation sites excluding steroid dienone is 2. The highest BCUT2D eigenvalue weighted by Gasteiger charge is 2.27. The lowest BCUT2D eigenvalue weighted by atomic mass is 10.1. The molecule has 1 aromatic rings. The van der Waals surface area contributed by atoms with Gasteiger partial charge in [0.1, 0.15) is 5.70 Å². The molecule has 0 saturated heterocycles. The molecular weight excluding hydrogens is 360 g/mol. The van der Waals surface area contributed by atoms with E-state index in [0.717, 1.165) is 0 Å². The van der Waals surface area contributed by atoms with Gasteiger partial charge in [-0.3, -0.25) is 4.79 Å². The van der Waals surface area contributed by atoms with Gasteiger partial charge in [-0.2, -0.15) is 0 Å². The van der Waals surface area contributed by atoms with Gasteiger partial charge in [-0.25, -0.2) is 9.59 Å². The van der Waals surface area contributed by atoms with Crippen molar-refractivity contribution < 1.29 is 23.9 Å². The second kappa shape index (κ2) is 9.55. The molecule has 0 bridgehead atoms. The number of hydrogen-bond acceptors (Lipinski definition) is 6. The number of esters is 2. The molecule has 1 aliphatic rings. The van der Waals surface area contributed by atoms with Gasteiger partial charge < -0.3 is 19.3 Å². The van der Waals surface area contributed by atoms with Crippen LogP contribution in [0.2, 0.25) is 0 Å². The fraction of sp³-hybridized carbons (Fsp3) is 0.286. The topological polar surface area (TPSA) is 76.2 Å². The number of nitrogens with zero attached hydrogens (tertiary/aromatic N) is 2. The van der Waals surface area contributed by atoms with Crippen molar-refractivity contribution in [3.63, 3.8) is 0 Å². The number of ether oxygens (including phenoxy) is 2. The Morgan fingerprint density at radius 2 is 1.68 bits per heavy atom. The van der Waals surface area contributed by atoms with Crippen LogP contribution >= 0.6 is 0 Å². The van der Waals surface area contributed by atoms with Crippen molar-refractivity contribution >= 4 is 23.5 Å². The lowest BCUT2D eigenvalue weighted by Crippen LogP contribution is -2.31. The zero-order valence-corrected chi connectivity index (χ0v) is 16.5. The van der Waals surface area contributed by atoms with Crippen LogP contribution in [0.4, 0.5) is 5.69 Å². The predicted octanol–water partition coefficient (Wildman–Crippen LogP) is 2.66. The van der Waals surface area contributed by atoms with Crippen LogP contribution in [-0.4, -0.2) is 50.1 Å². The molecule has 0 N–H and O–H groups in total. The highest BCUT2D eigenvalue weighted by atomic mass is 16.5. The van der Waals surface area contributed by atoms with Crippen molar-refractivity contribution in [2.75, 3.05) is 32.2 Å². The molecule has 148 valence electrons. The molecule has 28 heavy (non-hydrogen) atoms. The molecule has 1 amide bonds. The summed E-state index contributed by atoms with van der Waals surface area (Å²) in [5, 5.41) is 0. The minimum atomic E-state index is -0.697. The van der Waals surface area contributed by atoms with Crippen LogP contribution in [0.1, 0.15) is 24.2 Å². The Labute approximate surface area is 164 Å². The van der Waals surface area contributed by atoms with Gasteiger partial charge in [0.2, 0.25) is 0 Å². The number of amides is 1. The SMILES string of the molecule is CCN(CC)C(=O)c1cccc(N2C=CC=CC(C(=O)OC)=C2C(=O)OC)c1. The first-order valence-electron chi connectivity index (χ1n) is 8.92. The summed E-state index contributed by atoms with van der Waals surface area (Å²) in [6.07, 6.45) is 6.41. The minimum absolute atomic E-state index is 0.00629. The standard InChI is InChI=1S/C21H24N2O5/c1-5-22(6-2)19(24)15-10-9-11-16(14-15)23-13-8-7-12-17(20(25)27-3)18(23)21(26)28-4/h7-14H,5-6H2,1-4H3. The molecule has 2 rings (SSSR count). The zero-order valence-electron chi connectivity index (χ0n) is 16.5. The fourth-order valence-corrected chi connectivity index (χ4v) is 2.85. The van der Waals surface area contributed by atoms with E-state index < -0.39 is 11.9 Å². The summed E-state index contributed by atoms with van der Waals surface area (Å²) >= 11 is 0. The smallest absolute Gasteiger partial charge is 0.355 e. The van der Waals surface area contributed by atoms with Crippen LogP contribution in [0.25, 0.3) is 0 Å². The molecule has 0 saturated carbocycles. The minimum Gasteiger partial charge on any atom is -0.465 e. The van der Waals surface area contributed by atoms with Crippen LogP contribution < -0.4 is 4.90 Å². The van der Waals surface area contributed by atoms with Gasteiger partial charge in [0.15, 0.2) is 0 Å². The summed E-state index contributed by atoms with van der Waals surface area (Å²) in [6.45, 7) is 5.00. The molecular formula is C21H24N2O5. The van der Waals surface area contributed by atoms with Crippen molar-refractivity contribution in [1.29, 1.82) is 0 Å². The average Bonchev–Trinajstić information content (AvgIpc) is 2.96. The van der Waals surface area contributed by atoms with Gasteiger partial charge in [0.05, 0.1) is 19.8 Å². The Morgan fingerprint density at radius 1 is 1.00 bits per heavy atom. The monoisotopic (exact) mass is 384 g/mol. The van der Waals surface area contributed by atoms with Crippen LogP contribution in [0.5, 0.6) is 0 Å². The first-order chi connectivity index (χ1) is 13.5. The summed E-state index contributed by atoms with van der Waals surface area (Å²) < 4.78 is 9.69. The van der Waals surface area contributed by atoms with Crippen molar-refractivity contribution in [1.82, 2.24) is 4.90 Å². The highest BCUT2D eigenvalue weighted by Crippen LogP contribution is 2.27. The van der Waals surface area contributed by atoms with Crippen LogP contribution in [0.3, 0.4) is 0 Å². The quantitative estimate of drug-likeness (QED) is 0.702. The Hall–Kier alpha value is -3.35. The van der Waals surface area contributed by atoms with E-state index in [2.05, 4.69) is 0 Å². The van der Waals surface area contributed by atoms with E-state index in [1.54, 1.807) is 47.5 Å². The van der Waals surface area contributed by atoms with Crippen molar-refractivity contribution in [2.24, 2.45) is 0 Å². The Bertz CT molecular complexity index is 850. The molecule has 1 aliphatic heterocycles. The average molecular weight is 384 g/mol.